The van der Waals surface area contributed by atoms with Crippen molar-refractivity contribution in [3.63, 3.8) is 0 Å². The maximum absolute atomic E-state index is 13.8. The molecule has 5 rings (SSSR count). The van der Waals surface area contributed by atoms with Crippen LogP contribution in [0.25, 0.3) is 16.9 Å². The van der Waals surface area contributed by atoms with Gasteiger partial charge in [0, 0.05) is 65.4 Å². The molecular formula is C29H33N5O3. The van der Waals surface area contributed by atoms with Crippen molar-refractivity contribution in [3.8, 4) is 16.9 Å². The quantitative estimate of drug-likeness (QED) is 0.331. The zero-order chi connectivity index (χ0) is 25.6. The molecule has 0 spiro atoms. The van der Waals surface area contributed by atoms with Gasteiger partial charge in [-0.2, -0.15) is 9.78 Å². The second-order valence-electron chi connectivity index (χ2n) is 9.44. The number of methoxy groups -OCH3 is 1. The first kappa shape index (κ1) is 24.9. The summed E-state index contributed by atoms with van der Waals surface area (Å²) in [5.74, 6) is -0.0773. The van der Waals surface area contributed by atoms with E-state index in [1.165, 1.54) is 10.2 Å². The van der Waals surface area contributed by atoms with Crippen LogP contribution in [0.1, 0.15) is 22.3 Å². The van der Waals surface area contributed by atoms with Gasteiger partial charge in [-0.05, 0) is 30.5 Å². The average molecular weight is 500 g/mol. The summed E-state index contributed by atoms with van der Waals surface area (Å²) in [6, 6.07) is 19.8. The third-order valence-electron chi connectivity index (χ3n) is 6.94. The highest BCUT2D eigenvalue weighted by molar-refractivity contribution is 6.00. The van der Waals surface area contributed by atoms with Gasteiger partial charge in [0.2, 0.25) is 0 Å². The van der Waals surface area contributed by atoms with Crippen molar-refractivity contribution in [2.24, 2.45) is 0 Å². The fourth-order valence-electron chi connectivity index (χ4n) is 4.86. The maximum atomic E-state index is 13.8. The van der Waals surface area contributed by atoms with Crippen LogP contribution in [-0.4, -0.2) is 76.5 Å². The predicted octanol–water partition coefficient (Wildman–Crippen LogP) is 3.18. The zero-order valence-electron chi connectivity index (χ0n) is 21.3. The molecule has 3 heterocycles. The number of aryl methyl sites for hydroxylation is 1. The van der Waals surface area contributed by atoms with Crippen molar-refractivity contribution in [3.05, 3.63) is 94.5 Å². The van der Waals surface area contributed by atoms with Crippen LogP contribution < -0.4 is 5.56 Å². The van der Waals surface area contributed by atoms with Crippen LogP contribution in [0.15, 0.2) is 77.9 Å². The molecule has 1 fully saturated rings. The average Bonchev–Trinajstić information content (AvgIpc) is 3.29. The van der Waals surface area contributed by atoms with Gasteiger partial charge in [-0.3, -0.25) is 14.5 Å². The normalized spacial score (nSPS) is 14.4. The van der Waals surface area contributed by atoms with Gasteiger partial charge in [-0.15, -0.1) is 0 Å². The summed E-state index contributed by atoms with van der Waals surface area (Å²) in [6.07, 6.45) is 5.42. The first-order chi connectivity index (χ1) is 18.1. The zero-order valence-corrected chi connectivity index (χ0v) is 21.3. The summed E-state index contributed by atoms with van der Waals surface area (Å²) in [5.41, 5.74) is 3.16. The van der Waals surface area contributed by atoms with Crippen molar-refractivity contribution in [2.45, 2.75) is 19.4 Å². The molecule has 0 saturated carbocycles. The van der Waals surface area contributed by atoms with Crippen LogP contribution >= 0.6 is 0 Å². The Hall–Kier alpha value is -3.75. The molecule has 0 unspecified atom stereocenters. The minimum atomic E-state index is -0.220. The van der Waals surface area contributed by atoms with E-state index in [4.69, 9.17) is 4.74 Å². The fraction of sp³-hybridized carbons (Fsp3) is 0.345. The van der Waals surface area contributed by atoms with E-state index in [2.05, 4.69) is 34.3 Å². The molecule has 3 aliphatic rings. The number of ether oxygens (including phenoxy) is 1. The Morgan fingerprint density at radius 2 is 1.62 bits per heavy atom. The van der Waals surface area contributed by atoms with E-state index in [1.807, 2.05) is 52.1 Å². The summed E-state index contributed by atoms with van der Waals surface area (Å²) < 4.78 is 8.51. The lowest BCUT2D eigenvalue weighted by atomic mass is 10.1. The van der Waals surface area contributed by atoms with Gasteiger partial charge in [0.15, 0.2) is 0 Å². The molecule has 1 saturated heterocycles. The molecule has 8 heteroatoms. The topological polar surface area (TPSA) is 72.6 Å². The van der Waals surface area contributed by atoms with Gasteiger partial charge in [0.25, 0.3) is 11.5 Å². The molecule has 0 N–H and O–H groups in total. The molecule has 0 radical (unpaired) electrons. The van der Waals surface area contributed by atoms with Gasteiger partial charge in [-0.25, -0.2) is 0 Å². The molecule has 0 atom stereocenters. The van der Waals surface area contributed by atoms with Crippen molar-refractivity contribution < 1.29 is 9.53 Å². The number of hydrogen-bond acceptors (Lipinski definition) is 5. The van der Waals surface area contributed by atoms with Crippen LogP contribution in [0.4, 0.5) is 0 Å². The molecule has 1 amide bonds. The Balaban J connectivity index is 1.37. The first-order valence-electron chi connectivity index (χ1n) is 12.9. The Morgan fingerprint density at radius 1 is 0.919 bits per heavy atom. The number of pyridine rings is 1. The summed E-state index contributed by atoms with van der Waals surface area (Å²) in [6.45, 7) is 5.18. The largest absolute Gasteiger partial charge is 0.385 e. The standard InChI is InChI=1S/C29H33N5O3/c1-37-20-8-14-32-21-25(27-26(22-32)29(36)34(30-27)24-11-6-3-7-12-24)28(35)33-18-16-31(17-19-33)15-13-23-9-4-2-5-10-23/h2-7,9-12,21-22H,8,13-20H2,1H3. The van der Waals surface area contributed by atoms with E-state index in [0.717, 1.165) is 32.5 Å². The first-order valence-corrected chi connectivity index (χ1v) is 12.9. The van der Waals surface area contributed by atoms with Crippen LogP contribution in [0.5, 0.6) is 0 Å². The molecule has 3 aliphatic heterocycles. The van der Waals surface area contributed by atoms with E-state index in [0.29, 0.717) is 48.7 Å². The second-order valence-corrected chi connectivity index (χ2v) is 9.44. The van der Waals surface area contributed by atoms with E-state index < -0.39 is 0 Å². The van der Waals surface area contributed by atoms with E-state index >= 15 is 0 Å². The number of benzene rings is 2. The second kappa shape index (κ2) is 11.5. The van der Waals surface area contributed by atoms with Gasteiger partial charge in [0.05, 0.1) is 16.8 Å². The smallest absolute Gasteiger partial charge is 0.282 e. The van der Waals surface area contributed by atoms with Crippen LogP contribution in [0.3, 0.4) is 0 Å². The van der Waals surface area contributed by atoms with Crippen molar-refractivity contribution in [2.75, 3.05) is 46.4 Å². The van der Waals surface area contributed by atoms with E-state index in [9.17, 15) is 9.59 Å². The fourth-order valence-corrected chi connectivity index (χ4v) is 4.86. The molecule has 0 aliphatic carbocycles. The molecule has 2 aromatic rings. The monoisotopic (exact) mass is 499 g/mol. The van der Waals surface area contributed by atoms with Gasteiger partial charge >= 0.3 is 0 Å². The Labute approximate surface area is 217 Å². The number of nitrogens with zero attached hydrogens (tertiary/aromatic N) is 5. The third-order valence-corrected chi connectivity index (χ3v) is 6.94. The number of piperazine rings is 1. The number of aromatic nitrogens is 3. The Morgan fingerprint density at radius 3 is 2.32 bits per heavy atom. The SMILES string of the molecule is COCCCn1cc(C(=O)N2CCN(CCc3ccccc3)CC2)c2nn(-c3ccccc3)c(=O)c-2c1. The molecule has 8 nitrogen and oxygen atoms in total. The van der Waals surface area contributed by atoms with Gasteiger partial charge < -0.3 is 14.2 Å². The molecule has 0 bridgehead atoms. The molecule has 37 heavy (non-hydrogen) atoms. The van der Waals surface area contributed by atoms with Crippen LogP contribution in [-0.2, 0) is 17.7 Å². The van der Waals surface area contributed by atoms with Gasteiger partial charge in [-0.1, -0.05) is 48.5 Å². The number of carbonyl (C=O) groups excluding carboxylic acids is 1. The summed E-state index contributed by atoms with van der Waals surface area (Å²) in [7, 11) is 1.67. The molecule has 192 valence electrons. The van der Waals surface area contributed by atoms with E-state index in [-0.39, 0.29) is 11.5 Å². The molecule has 0 aromatic heterocycles. The number of para-hydroxylation sites is 1. The van der Waals surface area contributed by atoms with Crippen molar-refractivity contribution in [1.29, 1.82) is 0 Å². The van der Waals surface area contributed by atoms with Gasteiger partial charge in [0.1, 0.15) is 5.69 Å². The highest BCUT2D eigenvalue weighted by Gasteiger charge is 2.29. The number of hydrogen-bond donors (Lipinski definition) is 0. The lowest BCUT2D eigenvalue weighted by Crippen LogP contribution is -2.49. The lowest BCUT2D eigenvalue weighted by molar-refractivity contribution is 0.0638. The maximum Gasteiger partial charge on any atom is 0.282 e. The number of fused-ring (bicyclic) bond motifs is 1. The molecule has 2 aromatic carbocycles. The number of carbonyl (C=O) groups is 1. The number of amides is 1. The lowest BCUT2D eigenvalue weighted by Gasteiger charge is -2.35. The molecular weight excluding hydrogens is 466 g/mol. The summed E-state index contributed by atoms with van der Waals surface area (Å²) >= 11 is 0. The van der Waals surface area contributed by atoms with Crippen molar-refractivity contribution >= 4 is 5.91 Å². The Kier molecular flexibility index (Phi) is 7.77. The number of rotatable bonds is 9. The minimum Gasteiger partial charge on any atom is -0.385 e. The summed E-state index contributed by atoms with van der Waals surface area (Å²) in [4.78, 5) is 31.4. The van der Waals surface area contributed by atoms with Crippen LogP contribution in [0.2, 0.25) is 0 Å². The predicted molar refractivity (Wildman–Crippen MR) is 143 cm³/mol. The third kappa shape index (κ3) is 5.65. The summed E-state index contributed by atoms with van der Waals surface area (Å²) in [5, 5.41) is 4.62. The Bertz CT molecular complexity index is 1340. The van der Waals surface area contributed by atoms with Crippen LogP contribution in [0, 0.1) is 0 Å². The van der Waals surface area contributed by atoms with E-state index in [1.54, 1.807) is 13.3 Å². The van der Waals surface area contributed by atoms with Crippen molar-refractivity contribution in [1.82, 2.24) is 24.1 Å². The highest BCUT2D eigenvalue weighted by atomic mass is 16.5. The minimum absolute atomic E-state index is 0.0773. The highest BCUT2D eigenvalue weighted by Crippen LogP contribution is 2.24.